The fourth-order valence-electron chi connectivity index (χ4n) is 3.22. The van der Waals surface area contributed by atoms with Gasteiger partial charge in [0.2, 0.25) is 0 Å². The average molecular weight is 396 g/mol. The van der Waals surface area contributed by atoms with Crippen LogP contribution in [0.5, 0.6) is 0 Å². The molecule has 0 saturated carbocycles. The van der Waals surface area contributed by atoms with Gasteiger partial charge in [0.15, 0.2) is 0 Å². The summed E-state index contributed by atoms with van der Waals surface area (Å²) >= 11 is 0. The van der Waals surface area contributed by atoms with E-state index in [1.165, 1.54) is 5.57 Å². The maximum Gasteiger partial charge on any atom is 0.481 e. The first-order chi connectivity index (χ1) is 11.3. The summed E-state index contributed by atoms with van der Waals surface area (Å²) in [7, 11) is -9.85. The van der Waals surface area contributed by atoms with E-state index in [-0.39, 0.29) is 12.0 Å². The van der Waals surface area contributed by atoms with Gasteiger partial charge in [0.25, 0.3) is 0 Å². The van der Waals surface area contributed by atoms with Crippen molar-refractivity contribution in [1.82, 2.24) is 0 Å². The van der Waals surface area contributed by atoms with Crippen LogP contribution in [0, 0.1) is 17.3 Å². The molecule has 0 aromatic rings. The highest BCUT2D eigenvalue weighted by Crippen LogP contribution is 2.57. The van der Waals surface area contributed by atoms with Crippen molar-refractivity contribution in [3.8, 4) is 0 Å². The molecule has 0 fully saturated rings. The Bertz CT molecular complexity index is 622. The molecule has 0 spiro atoms. The molecule has 1 rings (SSSR count). The SMILES string of the molecule is CC1=CC[C@H](C)[C@@](C)(CC/C(C)=C/COP(=O)(O)OP(=O)(O)O)[C@@H]1C. The Kier molecular flexibility index (Phi) is 7.85. The molecule has 0 heterocycles. The van der Waals surface area contributed by atoms with E-state index in [4.69, 9.17) is 9.79 Å². The summed E-state index contributed by atoms with van der Waals surface area (Å²) in [4.78, 5) is 26.3. The highest BCUT2D eigenvalue weighted by atomic mass is 31.3. The quantitative estimate of drug-likeness (QED) is 0.407. The van der Waals surface area contributed by atoms with Crippen molar-refractivity contribution >= 4 is 15.6 Å². The zero-order chi connectivity index (χ0) is 19.5. The third-order valence-electron chi connectivity index (χ3n) is 5.53. The van der Waals surface area contributed by atoms with Gasteiger partial charge in [0.1, 0.15) is 0 Å². The van der Waals surface area contributed by atoms with Crippen LogP contribution < -0.4 is 0 Å². The summed E-state index contributed by atoms with van der Waals surface area (Å²) in [6.07, 6.45) is 6.82. The average Bonchev–Trinajstić information content (AvgIpc) is 2.44. The number of phosphoric ester groups is 1. The predicted octanol–water partition coefficient (Wildman–Crippen LogP) is 4.57. The van der Waals surface area contributed by atoms with Crippen LogP contribution >= 0.6 is 15.6 Å². The van der Waals surface area contributed by atoms with Crippen molar-refractivity contribution in [2.24, 2.45) is 17.3 Å². The summed E-state index contributed by atoms with van der Waals surface area (Å²) in [5.74, 6) is 1.07. The molecule has 0 saturated heterocycles. The molecule has 1 aliphatic rings. The van der Waals surface area contributed by atoms with Gasteiger partial charge in [-0.15, -0.1) is 0 Å². The van der Waals surface area contributed by atoms with E-state index in [0.29, 0.717) is 11.8 Å². The van der Waals surface area contributed by atoms with Gasteiger partial charge in [-0.3, -0.25) is 4.52 Å². The maximum absolute atomic E-state index is 11.4. The van der Waals surface area contributed by atoms with E-state index in [1.807, 2.05) is 6.92 Å². The second-order valence-corrected chi connectivity index (χ2v) is 10.0. The van der Waals surface area contributed by atoms with E-state index in [2.05, 4.69) is 42.6 Å². The van der Waals surface area contributed by atoms with Crippen molar-refractivity contribution in [1.29, 1.82) is 0 Å². The lowest BCUT2D eigenvalue weighted by atomic mass is 9.60. The topological polar surface area (TPSA) is 113 Å². The molecule has 0 bridgehead atoms. The highest BCUT2D eigenvalue weighted by molar-refractivity contribution is 7.60. The summed E-state index contributed by atoms with van der Waals surface area (Å²) in [6.45, 7) is 10.7. The van der Waals surface area contributed by atoms with Crippen LogP contribution in [-0.2, 0) is 18.0 Å². The van der Waals surface area contributed by atoms with Crippen LogP contribution in [0.4, 0.5) is 0 Å². The largest absolute Gasteiger partial charge is 0.481 e. The number of allylic oxidation sites excluding steroid dienone is 3. The van der Waals surface area contributed by atoms with E-state index in [1.54, 1.807) is 6.08 Å². The molecule has 3 N–H and O–H groups in total. The molecule has 0 aliphatic heterocycles. The third-order valence-corrected chi connectivity index (χ3v) is 7.68. The van der Waals surface area contributed by atoms with Gasteiger partial charge in [-0.2, -0.15) is 4.31 Å². The lowest BCUT2D eigenvalue weighted by Gasteiger charge is -2.45. The summed E-state index contributed by atoms with van der Waals surface area (Å²) < 4.78 is 30.3. The molecular formula is C16H30O7P2. The van der Waals surface area contributed by atoms with Gasteiger partial charge in [0.05, 0.1) is 6.61 Å². The van der Waals surface area contributed by atoms with Crippen molar-refractivity contribution in [3.63, 3.8) is 0 Å². The van der Waals surface area contributed by atoms with Crippen molar-refractivity contribution < 1.29 is 32.6 Å². The van der Waals surface area contributed by atoms with Gasteiger partial charge in [-0.05, 0) is 50.4 Å². The van der Waals surface area contributed by atoms with Gasteiger partial charge in [-0.1, -0.05) is 44.1 Å². The first-order valence-corrected chi connectivity index (χ1v) is 11.4. The van der Waals surface area contributed by atoms with Gasteiger partial charge >= 0.3 is 15.6 Å². The summed E-state index contributed by atoms with van der Waals surface area (Å²) in [6, 6.07) is 0. The zero-order valence-electron chi connectivity index (χ0n) is 15.5. The number of hydrogen-bond acceptors (Lipinski definition) is 4. The van der Waals surface area contributed by atoms with E-state index < -0.39 is 15.6 Å². The van der Waals surface area contributed by atoms with Crippen LogP contribution in [0.3, 0.4) is 0 Å². The molecule has 146 valence electrons. The molecular weight excluding hydrogens is 366 g/mol. The van der Waals surface area contributed by atoms with Crippen LogP contribution in [0.2, 0.25) is 0 Å². The first kappa shape index (κ1) is 22.8. The van der Waals surface area contributed by atoms with Crippen molar-refractivity contribution in [3.05, 3.63) is 23.3 Å². The second kappa shape index (κ2) is 8.62. The van der Waals surface area contributed by atoms with Gasteiger partial charge in [0, 0.05) is 0 Å². The first-order valence-electron chi connectivity index (χ1n) is 8.33. The molecule has 0 aromatic heterocycles. The molecule has 0 radical (unpaired) electrons. The number of hydrogen-bond donors (Lipinski definition) is 3. The molecule has 0 aromatic carbocycles. The summed E-state index contributed by atoms with van der Waals surface area (Å²) in [5.41, 5.74) is 2.59. The van der Waals surface area contributed by atoms with E-state index in [0.717, 1.165) is 24.8 Å². The Balaban J connectivity index is 2.58. The minimum absolute atomic E-state index is 0.185. The van der Waals surface area contributed by atoms with Crippen LogP contribution in [0.25, 0.3) is 0 Å². The molecule has 4 atom stereocenters. The van der Waals surface area contributed by atoms with Crippen LogP contribution in [0.1, 0.15) is 53.9 Å². The Hall–Kier alpha value is -0.260. The Morgan fingerprint density at radius 3 is 2.52 bits per heavy atom. The number of phosphoric acid groups is 2. The zero-order valence-corrected chi connectivity index (χ0v) is 17.3. The molecule has 1 aliphatic carbocycles. The van der Waals surface area contributed by atoms with Gasteiger partial charge in [-0.25, -0.2) is 9.13 Å². The minimum Gasteiger partial charge on any atom is -0.302 e. The smallest absolute Gasteiger partial charge is 0.302 e. The molecule has 25 heavy (non-hydrogen) atoms. The standard InChI is InChI=1S/C16H30O7P2/c1-12(9-11-22-25(20,21)23-24(17,18)19)8-10-16(5)14(3)7-6-13(2)15(16)4/h6,9,14-15H,7-8,10-11H2,1-5H3,(H,20,21)(H2,17,18,19)/b12-9+/t14-,15+,16+/m0/s1. The Labute approximate surface area is 150 Å². The lowest BCUT2D eigenvalue weighted by molar-refractivity contribution is 0.111. The summed E-state index contributed by atoms with van der Waals surface area (Å²) in [5, 5.41) is 0. The number of rotatable bonds is 8. The third kappa shape index (κ3) is 7.10. The fourth-order valence-corrected chi connectivity index (χ4v) is 4.75. The normalized spacial score (nSPS) is 30.7. The van der Waals surface area contributed by atoms with Crippen molar-refractivity contribution in [2.45, 2.75) is 53.9 Å². The monoisotopic (exact) mass is 396 g/mol. The second-order valence-electron chi connectivity index (χ2n) is 7.20. The highest BCUT2D eigenvalue weighted by Gasteiger charge is 2.39. The molecule has 9 heteroatoms. The molecule has 0 amide bonds. The fraction of sp³-hybridized carbons (Fsp3) is 0.750. The van der Waals surface area contributed by atoms with E-state index in [9.17, 15) is 14.0 Å². The minimum atomic E-state index is -5.08. The maximum atomic E-state index is 11.4. The van der Waals surface area contributed by atoms with E-state index >= 15 is 0 Å². The molecule has 1 unspecified atom stereocenters. The van der Waals surface area contributed by atoms with Crippen molar-refractivity contribution in [2.75, 3.05) is 6.61 Å². The van der Waals surface area contributed by atoms with Gasteiger partial charge < -0.3 is 14.7 Å². The molecule has 7 nitrogen and oxygen atoms in total. The van der Waals surface area contributed by atoms with Crippen LogP contribution in [-0.4, -0.2) is 21.3 Å². The predicted molar refractivity (Wildman–Crippen MR) is 96.7 cm³/mol. The van der Waals surface area contributed by atoms with Crippen LogP contribution in [0.15, 0.2) is 23.3 Å². The Morgan fingerprint density at radius 2 is 1.96 bits per heavy atom. The Morgan fingerprint density at radius 1 is 1.36 bits per heavy atom. The lowest BCUT2D eigenvalue weighted by Crippen LogP contribution is -2.36.